The molecule has 32 heavy (non-hydrogen) atoms. The van der Waals surface area contributed by atoms with E-state index in [0.717, 1.165) is 17.3 Å². The van der Waals surface area contributed by atoms with Crippen molar-refractivity contribution in [1.82, 2.24) is 14.3 Å². The number of thiocarbonyl (C=S) groups is 1. The van der Waals surface area contributed by atoms with Gasteiger partial charge in [-0.1, -0.05) is 30.0 Å². The number of benzene rings is 1. The zero-order valence-corrected chi connectivity index (χ0v) is 18.8. The van der Waals surface area contributed by atoms with Crippen LogP contribution in [0.5, 0.6) is 11.6 Å². The lowest BCUT2D eigenvalue weighted by atomic mass is 10.2. The van der Waals surface area contributed by atoms with Crippen molar-refractivity contribution < 1.29 is 18.7 Å². The monoisotopic (exact) mass is 471 g/mol. The molecule has 4 rings (SSSR count). The molecule has 1 saturated heterocycles. The molecule has 1 aliphatic heterocycles. The minimum absolute atomic E-state index is 0.0121. The number of hydrogen-bond donors (Lipinski definition) is 0. The Morgan fingerprint density at radius 2 is 1.97 bits per heavy atom. The Bertz CT molecular complexity index is 1310. The molecule has 3 heterocycles. The smallest absolute Gasteiger partial charge is 0.269 e. The number of ether oxygens (including phenoxy) is 2. The Labute approximate surface area is 192 Å². The minimum Gasteiger partial charge on any atom is -0.438 e. The van der Waals surface area contributed by atoms with Crippen molar-refractivity contribution in [2.24, 2.45) is 0 Å². The van der Waals surface area contributed by atoms with Crippen molar-refractivity contribution >= 4 is 45.9 Å². The van der Waals surface area contributed by atoms with Crippen LogP contribution in [0.1, 0.15) is 11.1 Å². The maximum absolute atomic E-state index is 13.3. The van der Waals surface area contributed by atoms with Crippen LogP contribution in [-0.2, 0) is 9.53 Å². The Balaban J connectivity index is 1.84. The summed E-state index contributed by atoms with van der Waals surface area (Å²) in [5.41, 5.74) is 0.869. The van der Waals surface area contributed by atoms with Gasteiger partial charge < -0.3 is 9.47 Å². The van der Waals surface area contributed by atoms with E-state index < -0.39 is 11.4 Å². The van der Waals surface area contributed by atoms with Gasteiger partial charge in [0.1, 0.15) is 27.1 Å². The van der Waals surface area contributed by atoms with E-state index in [1.807, 2.05) is 13.0 Å². The number of methoxy groups -OCH3 is 1. The van der Waals surface area contributed by atoms with Crippen molar-refractivity contribution in [2.45, 2.75) is 6.92 Å². The first kappa shape index (κ1) is 22.1. The number of carbonyl (C=O) groups is 1. The van der Waals surface area contributed by atoms with Crippen molar-refractivity contribution in [2.75, 3.05) is 20.3 Å². The van der Waals surface area contributed by atoms with E-state index in [4.69, 9.17) is 21.7 Å². The van der Waals surface area contributed by atoms with Crippen LogP contribution in [-0.4, -0.2) is 44.8 Å². The molecule has 1 amide bonds. The second kappa shape index (κ2) is 9.19. The summed E-state index contributed by atoms with van der Waals surface area (Å²) in [4.78, 5) is 32.4. The first-order chi connectivity index (χ1) is 15.4. The zero-order valence-electron chi connectivity index (χ0n) is 17.2. The maximum atomic E-state index is 13.3. The number of fused-ring (bicyclic) bond motifs is 1. The summed E-state index contributed by atoms with van der Waals surface area (Å²) in [6.45, 7) is 2.47. The lowest BCUT2D eigenvalue weighted by Gasteiger charge is -2.13. The molecular formula is C22H18FN3O4S2. The van der Waals surface area contributed by atoms with Gasteiger partial charge in [0.2, 0.25) is 5.88 Å². The number of rotatable bonds is 6. The van der Waals surface area contributed by atoms with Gasteiger partial charge in [0.15, 0.2) is 0 Å². The predicted molar refractivity (Wildman–Crippen MR) is 124 cm³/mol. The predicted octanol–water partition coefficient (Wildman–Crippen LogP) is 3.78. The molecule has 0 bridgehead atoms. The molecule has 0 saturated carbocycles. The van der Waals surface area contributed by atoms with E-state index in [0.29, 0.717) is 28.9 Å². The third kappa shape index (κ3) is 4.29. The number of aromatic nitrogens is 2. The molecule has 10 heteroatoms. The van der Waals surface area contributed by atoms with Crippen LogP contribution in [0.25, 0.3) is 11.7 Å². The average molecular weight is 472 g/mol. The van der Waals surface area contributed by atoms with Crippen LogP contribution in [0.3, 0.4) is 0 Å². The van der Waals surface area contributed by atoms with Gasteiger partial charge in [0.25, 0.3) is 11.5 Å². The average Bonchev–Trinajstić information content (AvgIpc) is 3.04. The van der Waals surface area contributed by atoms with E-state index in [-0.39, 0.29) is 22.3 Å². The van der Waals surface area contributed by atoms with Gasteiger partial charge in [0, 0.05) is 13.3 Å². The van der Waals surface area contributed by atoms with Crippen LogP contribution < -0.4 is 10.3 Å². The van der Waals surface area contributed by atoms with Crippen LogP contribution in [0.15, 0.2) is 52.3 Å². The van der Waals surface area contributed by atoms with Gasteiger partial charge in [-0.15, -0.1) is 0 Å². The van der Waals surface area contributed by atoms with E-state index in [2.05, 4.69) is 4.98 Å². The third-order valence-electron chi connectivity index (χ3n) is 4.75. The standard InChI is InChI=1S/C22H18FN3O4S2/c1-13-4-3-9-25-18(13)24-19(30-15-7-5-14(23)6-8-15)16(20(25)27)12-17-21(28)26(10-11-29-2)22(31)32-17/h3-9,12H,10-11H2,1-2H3/b17-12+. The lowest BCUT2D eigenvalue weighted by molar-refractivity contribution is -0.122. The Morgan fingerprint density at radius 3 is 2.69 bits per heavy atom. The molecule has 1 fully saturated rings. The van der Waals surface area contributed by atoms with Crippen LogP contribution >= 0.6 is 24.0 Å². The molecule has 0 N–H and O–H groups in total. The molecule has 164 valence electrons. The first-order valence-corrected chi connectivity index (χ1v) is 10.8. The highest BCUT2D eigenvalue weighted by Crippen LogP contribution is 2.34. The summed E-state index contributed by atoms with van der Waals surface area (Å²) in [5.74, 6) is -0.421. The second-order valence-electron chi connectivity index (χ2n) is 6.90. The second-order valence-corrected chi connectivity index (χ2v) is 8.58. The Morgan fingerprint density at radius 1 is 1.22 bits per heavy atom. The van der Waals surface area contributed by atoms with Gasteiger partial charge in [-0.05, 0) is 48.9 Å². The Hall–Kier alpha value is -3.08. The number of thioether (sulfide) groups is 1. The molecule has 0 spiro atoms. The van der Waals surface area contributed by atoms with Crippen molar-refractivity contribution in [3.05, 3.63) is 74.8 Å². The summed E-state index contributed by atoms with van der Waals surface area (Å²) >= 11 is 6.40. The molecule has 2 aromatic heterocycles. The van der Waals surface area contributed by atoms with Gasteiger partial charge in [-0.2, -0.15) is 4.98 Å². The molecule has 1 aromatic carbocycles. The highest BCUT2D eigenvalue weighted by Gasteiger charge is 2.32. The van der Waals surface area contributed by atoms with Gasteiger partial charge in [-0.25, -0.2) is 4.39 Å². The fourth-order valence-corrected chi connectivity index (χ4v) is 4.40. The van der Waals surface area contributed by atoms with Gasteiger partial charge >= 0.3 is 0 Å². The number of halogens is 1. The fraction of sp³-hybridized carbons (Fsp3) is 0.182. The largest absolute Gasteiger partial charge is 0.438 e. The van der Waals surface area contributed by atoms with E-state index in [9.17, 15) is 14.0 Å². The van der Waals surface area contributed by atoms with E-state index in [1.54, 1.807) is 12.3 Å². The van der Waals surface area contributed by atoms with Crippen LogP contribution in [0.4, 0.5) is 4.39 Å². The van der Waals surface area contributed by atoms with Gasteiger partial charge in [0.05, 0.1) is 18.1 Å². The Kier molecular flexibility index (Phi) is 6.35. The van der Waals surface area contributed by atoms with E-state index in [1.165, 1.54) is 46.8 Å². The SMILES string of the molecule is COCCN1C(=O)/C(=C\c2c(Oc3ccc(F)cc3)nc3c(C)cccn3c2=O)SC1=S. The quantitative estimate of drug-likeness (QED) is 0.400. The van der Waals surface area contributed by atoms with E-state index >= 15 is 0 Å². The molecule has 3 aromatic rings. The van der Waals surface area contributed by atoms with Crippen LogP contribution in [0.2, 0.25) is 0 Å². The summed E-state index contributed by atoms with van der Waals surface area (Å²) in [6, 6.07) is 8.92. The number of pyridine rings is 1. The molecular weight excluding hydrogens is 453 g/mol. The molecule has 0 atom stereocenters. The highest BCUT2D eigenvalue weighted by atomic mass is 32.2. The number of nitrogens with zero attached hydrogens (tertiary/aromatic N) is 3. The number of amides is 1. The minimum atomic E-state index is -0.417. The molecule has 1 aliphatic rings. The summed E-state index contributed by atoms with van der Waals surface area (Å²) in [5, 5.41) is 0. The molecule has 0 unspecified atom stereocenters. The van der Waals surface area contributed by atoms with Gasteiger partial charge in [-0.3, -0.25) is 18.9 Å². The maximum Gasteiger partial charge on any atom is 0.269 e. The summed E-state index contributed by atoms with van der Waals surface area (Å²) < 4.78 is 26.0. The molecule has 7 nitrogen and oxygen atoms in total. The summed E-state index contributed by atoms with van der Waals surface area (Å²) in [6.07, 6.45) is 3.04. The normalized spacial score (nSPS) is 15.2. The van der Waals surface area contributed by atoms with Crippen LogP contribution in [0, 0.1) is 12.7 Å². The lowest BCUT2D eigenvalue weighted by Crippen LogP contribution is -2.31. The molecule has 0 radical (unpaired) electrons. The third-order valence-corrected chi connectivity index (χ3v) is 6.12. The number of hydrogen-bond acceptors (Lipinski definition) is 7. The topological polar surface area (TPSA) is 73.1 Å². The number of aryl methyl sites for hydroxylation is 1. The molecule has 0 aliphatic carbocycles. The highest BCUT2D eigenvalue weighted by molar-refractivity contribution is 8.26. The van der Waals surface area contributed by atoms with Crippen molar-refractivity contribution in [1.29, 1.82) is 0 Å². The van der Waals surface area contributed by atoms with Crippen molar-refractivity contribution in [3.8, 4) is 11.6 Å². The first-order valence-electron chi connectivity index (χ1n) is 9.58. The van der Waals surface area contributed by atoms with Crippen molar-refractivity contribution in [3.63, 3.8) is 0 Å². The fourth-order valence-electron chi connectivity index (χ4n) is 3.11. The summed E-state index contributed by atoms with van der Waals surface area (Å²) in [7, 11) is 1.54. The number of carbonyl (C=O) groups excluding carboxylic acids is 1. The zero-order chi connectivity index (χ0) is 22.8.